The van der Waals surface area contributed by atoms with E-state index in [4.69, 9.17) is 11.6 Å². The summed E-state index contributed by atoms with van der Waals surface area (Å²) in [6.07, 6.45) is 0.0648. The van der Waals surface area contributed by atoms with Gasteiger partial charge in [-0.05, 0) is 24.3 Å². The zero-order chi connectivity index (χ0) is 19.6. The lowest BCUT2D eigenvalue weighted by atomic mass is 10.2. The number of aromatic nitrogens is 2. The first-order chi connectivity index (χ1) is 12.9. The number of rotatable bonds is 5. The Hall–Kier alpha value is -3.06. The van der Waals surface area contributed by atoms with Gasteiger partial charge in [0.2, 0.25) is 5.91 Å². The molecule has 0 fully saturated rings. The molecule has 8 heteroatoms. The van der Waals surface area contributed by atoms with Crippen molar-refractivity contribution in [3.05, 3.63) is 68.3 Å². The average Bonchev–Trinajstić information content (AvgIpc) is 2.61. The summed E-state index contributed by atoms with van der Waals surface area (Å²) in [4.78, 5) is 40.6. The summed E-state index contributed by atoms with van der Waals surface area (Å²) in [6.45, 7) is 0.139. The second-order valence-corrected chi connectivity index (χ2v) is 6.66. The number of nitrogens with one attached hydrogen (secondary N) is 2. The minimum atomic E-state index is -0.539. The molecule has 7 nitrogen and oxygen atoms in total. The van der Waals surface area contributed by atoms with Gasteiger partial charge in [0.15, 0.2) is 0 Å². The van der Waals surface area contributed by atoms with Gasteiger partial charge < -0.3 is 10.2 Å². The van der Waals surface area contributed by atoms with Crippen molar-refractivity contribution in [2.45, 2.75) is 13.0 Å². The van der Waals surface area contributed by atoms with E-state index in [1.807, 2.05) is 19.0 Å². The van der Waals surface area contributed by atoms with Gasteiger partial charge in [-0.25, -0.2) is 4.79 Å². The maximum Gasteiger partial charge on any atom is 0.328 e. The molecule has 1 heterocycles. The summed E-state index contributed by atoms with van der Waals surface area (Å²) in [5.74, 6) is -0.262. The summed E-state index contributed by atoms with van der Waals surface area (Å²) >= 11 is 6.21. The van der Waals surface area contributed by atoms with E-state index in [2.05, 4.69) is 10.3 Å². The van der Waals surface area contributed by atoms with E-state index in [-0.39, 0.29) is 18.9 Å². The molecular weight excluding hydrogens is 368 g/mol. The summed E-state index contributed by atoms with van der Waals surface area (Å²) in [7, 11) is 3.67. The number of fused-ring (bicyclic) bond motifs is 1. The Labute approximate surface area is 160 Å². The van der Waals surface area contributed by atoms with E-state index in [1.165, 1.54) is 4.57 Å². The fourth-order valence-corrected chi connectivity index (χ4v) is 3.30. The second kappa shape index (κ2) is 7.67. The number of carbonyl (C=O) groups excluding carboxylic acids is 1. The Morgan fingerprint density at radius 3 is 2.63 bits per heavy atom. The van der Waals surface area contributed by atoms with E-state index in [9.17, 15) is 14.4 Å². The van der Waals surface area contributed by atoms with Gasteiger partial charge >= 0.3 is 5.69 Å². The molecule has 1 aromatic heterocycles. The molecule has 0 aliphatic carbocycles. The van der Waals surface area contributed by atoms with Gasteiger partial charge in [-0.1, -0.05) is 29.8 Å². The van der Waals surface area contributed by atoms with Crippen molar-refractivity contribution in [3.63, 3.8) is 0 Å². The highest BCUT2D eigenvalue weighted by molar-refractivity contribution is 6.34. The smallest absolute Gasteiger partial charge is 0.328 e. The third-order valence-corrected chi connectivity index (χ3v) is 4.48. The van der Waals surface area contributed by atoms with E-state index in [0.717, 1.165) is 0 Å². The zero-order valence-corrected chi connectivity index (χ0v) is 15.7. The Morgan fingerprint density at radius 2 is 1.89 bits per heavy atom. The van der Waals surface area contributed by atoms with Crippen molar-refractivity contribution < 1.29 is 4.79 Å². The molecule has 3 rings (SSSR count). The monoisotopic (exact) mass is 386 g/mol. The number of hydrogen-bond acceptors (Lipinski definition) is 4. The number of amides is 1. The molecule has 0 saturated carbocycles. The van der Waals surface area contributed by atoms with Crippen molar-refractivity contribution in [1.82, 2.24) is 9.55 Å². The Balaban J connectivity index is 1.82. The van der Waals surface area contributed by atoms with Crippen LogP contribution in [0.3, 0.4) is 0 Å². The standard InChI is InChI=1S/C19H19ClN4O3/c1-23(2)17-13(20)7-5-8-14(17)21-16(25)10-11-24-15-9-4-3-6-12(15)18(26)22-19(24)27/h3-9H,10-11H2,1-2H3,(H,21,25)(H,22,26,27). The lowest BCUT2D eigenvalue weighted by molar-refractivity contribution is -0.116. The number of carbonyl (C=O) groups is 1. The molecule has 0 spiro atoms. The third kappa shape index (κ3) is 3.88. The lowest BCUT2D eigenvalue weighted by Gasteiger charge is -2.19. The molecule has 1 amide bonds. The van der Waals surface area contributed by atoms with Crippen molar-refractivity contribution >= 4 is 39.8 Å². The van der Waals surface area contributed by atoms with Crippen LogP contribution in [0, 0.1) is 0 Å². The molecule has 0 unspecified atom stereocenters. The van der Waals surface area contributed by atoms with Crippen molar-refractivity contribution in [1.29, 1.82) is 0 Å². The average molecular weight is 387 g/mol. The maximum atomic E-state index is 12.4. The van der Waals surface area contributed by atoms with E-state index >= 15 is 0 Å². The number of para-hydroxylation sites is 2. The van der Waals surface area contributed by atoms with Crippen LogP contribution in [0.15, 0.2) is 52.1 Å². The minimum Gasteiger partial charge on any atom is -0.375 e. The van der Waals surface area contributed by atoms with Gasteiger partial charge in [0.1, 0.15) is 0 Å². The molecule has 2 aromatic carbocycles. The molecule has 0 aliphatic rings. The summed E-state index contributed by atoms with van der Waals surface area (Å²) in [5, 5.41) is 3.76. The van der Waals surface area contributed by atoms with Crippen LogP contribution in [0.25, 0.3) is 10.9 Å². The summed E-state index contributed by atoms with van der Waals surface area (Å²) in [6, 6.07) is 12.1. The molecule has 2 N–H and O–H groups in total. The van der Waals surface area contributed by atoms with Crippen molar-refractivity contribution in [3.8, 4) is 0 Å². The van der Waals surface area contributed by atoms with Gasteiger partial charge in [-0.3, -0.25) is 19.1 Å². The number of hydrogen-bond donors (Lipinski definition) is 2. The molecule has 0 bridgehead atoms. The molecule has 0 radical (unpaired) electrons. The SMILES string of the molecule is CN(C)c1c(Cl)cccc1NC(=O)CCn1c(=O)[nH]c(=O)c2ccccc21. The zero-order valence-electron chi connectivity index (χ0n) is 15.0. The van der Waals surface area contributed by atoms with Crippen molar-refractivity contribution in [2.24, 2.45) is 0 Å². The molecule has 3 aromatic rings. The first kappa shape index (κ1) is 18.7. The summed E-state index contributed by atoms with van der Waals surface area (Å²) in [5.41, 5.74) is 0.820. The van der Waals surface area contributed by atoms with Crippen LogP contribution >= 0.6 is 11.6 Å². The van der Waals surface area contributed by atoms with Crippen LogP contribution in [0.5, 0.6) is 0 Å². The van der Waals surface area contributed by atoms with Crippen LogP contribution < -0.4 is 21.5 Å². The molecule has 140 valence electrons. The van der Waals surface area contributed by atoms with Crippen LogP contribution in [0.4, 0.5) is 11.4 Å². The normalized spacial score (nSPS) is 10.8. The number of benzene rings is 2. The van der Waals surface area contributed by atoms with E-state index in [0.29, 0.717) is 27.3 Å². The number of H-pyrrole nitrogens is 1. The third-order valence-electron chi connectivity index (χ3n) is 4.18. The highest BCUT2D eigenvalue weighted by Crippen LogP contribution is 2.32. The predicted octanol–water partition coefficient (Wildman–Crippen LogP) is 2.44. The number of aryl methyl sites for hydroxylation is 1. The van der Waals surface area contributed by atoms with Crippen LogP contribution in [-0.2, 0) is 11.3 Å². The van der Waals surface area contributed by atoms with Crippen LogP contribution in [0.2, 0.25) is 5.02 Å². The van der Waals surface area contributed by atoms with E-state index < -0.39 is 11.2 Å². The minimum absolute atomic E-state index is 0.0648. The molecule has 0 atom stereocenters. The molecule has 0 aliphatic heterocycles. The molecule has 27 heavy (non-hydrogen) atoms. The van der Waals surface area contributed by atoms with Gasteiger partial charge in [0.25, 0.3) is 5.56 Å². The quantitative estimate of drug-likeness (QED) is 0.705. The fourth-order valence-electron chi connectivity index (χ4n) is 2.96. The predicted molar refractivity (Wildman–Crippen MR) is 108 cm³/mol. The van der Waals surface area contributed by atoms with Gasteiger partial charge in [-0.2, -0.15) is 0 Å². The Bertz CT molecular complexity index is 1120. The number of nitrogens with zero attached hydrogens (tertiary/aromatic N) is 2. The summed E-state index contributed by atoms with van der Waals surface area (Å²) < 4.78 is 1.39. The first-order valence-corrected chi connectivity index (χ1v) is 8.74. The van der Waals surface area contributed by atoms with Crippen molar-refractivity contribution in [2.75, 3.05) is 24.3 Å². The highest BCUT2D eigenvalue weighted by atomic mass is 35.5. The first-order valence-electron chi connectivity index (χ1n) is 8.36. The maximum absolute atomic E-state index is 12.4. The fraction of sp³-hybridized carbons (Fsp3) is 0.211. The topological polar surface area (TPSA) is 87.2 Å². The number of halogens is 1. The Kier molecular flexibility index (Phi) is 5.32. The van der Waals surface area contributed by atoms with Gasteiger partial charge in [0, 0.05) is 27.1 Å². The van der Waals surface area contributed by atoms with Gasteiger partial charge in [-0.15, -0.1) is 0 Å². The van der Waals surface area contributed by atoms with Gasteiger partial charge in [0.05, 0.1) is 27.3 Å². The lowest BCUT2D eigenvalue weighted by Crippen LogP contribution is -2.31. The van der Waals surface area contributed by atoms with E-state index in [1.54, 1.807) is 42.5 Å². The van der Waals surface area contributed by atoms with Crippen LogP contribution in [0.1, 0.15) is 6.42 Å². The van der Waals surface area contributed by atoms with Crippen LogP contribution in [-0.4, -0.2) is 29.6 Å². The molecule has 0 saturated heterocycles. The Morgan fingerprint density at radius 1 is 1.15 bits per heavy atom. The number of anilines is 2. The number of aromatic amines is 1. The second-order valence-electron chi connectivity index (χ2n) is 6.26. The largest absolute Gasteiger partial charge is 0.375 e. The highest BCUT2D eigenvalue weighted by Gasteiger charge is 2.13. The molecular formula is C19H19ClN4O3.